The summed E-state index contributed by atoms with van der Waals surface area (Å²) in [5, 5.41) is 24.5. The highest BCUT2D eigenvalue weighted by Gasteiger charge is 2.29. The zero-order valence-electron chi connectivity index (χ0n) is 11.4. The summed E-state index contributed by atoms with van der Waals surface area (Å²) in [4.78, 5) is 12.7. The standard InChI is InChI=1S/C12H16ClN3O3.2ClH/c1-8(15-6-4-14-5-7-15)11-10(16(18)19)3-2-9(13)12(11)17;;/h2-3,8,14,17H,4-7H2,1H3;2*1H/t8-;;/m1../s1. The van der Waals surface area contributed by atoms with Crippen LogP contribution in [0.2, 0.25) is 5.02 Å². The Morgan fingerprint density at radius 1 is 1.38 bits per heavy atom. The van der Waals surface area contributed by atoms with Gasteiger partial charge < -0.3 is 10.4 Å². The van der Waals surface area contributed by atoms with Crippen molar-refractivity contribution in [2.75, 3.05) is 26.2 Å². The average Bonchev–Trinajstić information content (AvgIpc) is 2.41. The molecule has 9 heteroatoms. The summed E-state index contributed by atoms with van der Waals surface area (Å²) >= 11 is 5.87. The highest BCUT2D eigenvalue weighted by molar-refractivity contribution is 6.32. The van der Waals surface area contributed by atoms with E-state index in [1.165, 1.54) is 12.1 Å². The third-order valence-corrected chi connectivity index (χ3v) is 3.76. The van der Waals surface area contributed by atoms with Gasteiger partial charge in [-0.2, -0.15) is 0 Å². The van der Waals surface area contributed by atoms with Crippen molar-refractivity contribution in [3.8, 4) is 5.75 Å². The van der Waals surface area contributed by atoms with Crippen molar-refractivity contribution in [1.82, 2.24) is 10.2 Å². The zero-order valence-corrected chi connectivity index (χ0v) is 13.8. The molecule has 1 aliphatic rings. The fraction of sp³-hybridized carbons (Fsp3) is 0.500. The van der Waals surface area contributed by atoms with Crippen molar-refractivity contribution in [1.29, 1.82) is 0 Å². The minimum atomic E-state index is -0.482. The molecule has 0 amide bonds. The van der Waals surface area contributed by atoms with Crippen LogP contribution in [0.3, 0.4) is 0 Å². The van der Waals surface area contributed by atoms with E-state index in [2.05, 4.69) is 10.2 Å². The average molecular weight is 359 g/mol. The van der Waals surface area contributed by atoms with Crippen LogP contribution in [0.1, 0.15) is 18.5 Å². The lowest BCUT2D eigenvalue weighted by atomic mass is 10.0. The second-order valence-corrected chi connectivity index (χ2v) is 4.96. The van der Waals surface area contributed by atoms with Crippen molar-refractivity contribution >= 4 is 42.1 Å². The van der Waals surface area contributed by atoms with E-state index in [0.29, 0.717) is 5.56 Å². The van der Waals surface area contributed by atoms with Crippen LogP contribution in [0.25, 0.3) is 0 Å². The Bertz CT molecular complexity index is 496. The number of nitro groups is 1. The number of halogens is 3. The molecule has 0 unspecified atom stereocenters. The fourth-order valence-electron chi connectivity index (χ4n) is 2.39. The summed E-state index contributed by atoms with van der Waals surface area (Å²) in [5.41, 5.74) is 0.201. The molecule has 1 aromatic rings. The van der Waals surface area contributed by atoms with Gasteiger partial charge in [0.2, 0.25) is 0 Å². The summed E-state index contributed by atoms with van der Waals surface area (Å²) in [5.74, 6) is -0.193. The van der Waals surface area contributed by atoms with Crippen molar-refractivity contribution in [3.63, 3.8) is 0 Å². The van der Waals surface area contributed by atoms with E-state index in [1.807, 2.05) is 6.92 Å². The molecule has 2 rings (SSSR count). The van der Waals surface area contributed by atoms with Crippen LogP contribution in [-0.4, -0.2) is 41.1 Å². The van der Waals surface area contributed by atoms with Crippen LogP contribution >= 0.6 is 36.4 Å². The number of rotatable bonds is 3. The second kappa shape index (κ2) is 8.60. The highest BCUT2D eigenvalue weighted by atomic mass is 35.5. The Morgan fingerprint density at radius 3 is 2.48 bits per heavy atom. The van der Waals surface area contributed by atoms with Crippen molar-refractivity contribution < 1.29 is 10.0 Å². The molecule has 1 fully saturated rings. The minimum absolute atomic E-state index is 0. The maximum absolute atomic E-state index is 11.1. The second-order valence-electron chi connectivity index (χ2n) is 4.55. The summed E-state index contributed by atoms with van der Waals surface area (Å²) < 4.78 is 0. The van der Waals surface area contributed by atoms with Gasteiger partial charge in [-0.25, -0.2) is 0 Å². The number of nitrogens with one attached hydrogen (secondary N) is 1. The Hall–Kier alpha value is -0.790. The molecule has 0 aliphatic carbocycles. The Labute approximate surface area is 140 Å². The minimum Gasteiger partial charge on any atom is -0.506 e. The molecule has 1 heterocycles. The molecule has 120 valence electrons. The first kappa shape index (κ1) is 20.2. The van der Waals surface area contributed by atoms with Crippen molar-refractivity contribution in [2.24, 2.45) is 0 Å². The fourth-order valence-corrected chi connectivity index (χ4v) is 2.56. The Kier molecular flexibility index (Phi) is 8.28. The third-order valence-electron chi connectivity index (χ3n) is 3.46. The first-order valence-corrected chi connectivity index (χ1v) is 6.50. The quantitative estimate of drug-likeness (QED) is 0.641. The van der Waals surface area contributed by atoms with E-state index < -0.39 is 4.92 Å². The summed E-state index contributed by atoms with van der Waals surface area (Å²) in [6, 6.07) is 2.44. The molecule has 0 spiro atoms. The van der Waals surface area contributed by atoms with Gasteiger partial charge in [-0.3, -0.25) is 15.0 Å². The number of phenols is 1. The predicted molar refractivity (Wildman–Crippen MR) is 87.1 cm³/mol. The molecule has 21 heavy (non-hydrogen) atoms. The summed E-state index contributed by atoms with van der Waals surface area (Å²) in [6.07, 6.45) is 0. The molecule has 0 radical (unpaired) electrons. The van der Waals surface area contributed by atoms with Crippen LogP contribution in [0.4, 0.5) is 5.69 Å². The van der Waals surface area contributed by atoms with Gasteiger partial charge in [0.1, 0.15) is 5.75 Å². The molecule has 2 N–H and O–H groups in total. The number of phenolic OH excluding ortho intramolecular Hbond substituents is 1. The van der Waals surface area contributed by atoms with Gasteiger partial charge in [-0.1, -0.05) is 11.6 Å². The summed E-state index contributed by atoms with van der Waals surface area (Å²) in [7, 11) is 0. The molecular weight excluding hydrogens is 341 g/mol. The Morgan fingerprint density at radius 2 is 1.95 bits per heavy atom. The zero-order chi connectivity index (χ0) is 14.0. The van der Waals surface area contributed by atoms with Crippen LogP contribution < -0.4 is 5.32 Å². The highest BCUT2D eigenvalue weighted by Crippen LogP contribution is 2.40. The van der Waals surface area contributed by atoms with E-state index in [9.17, 15) is 15.2 Å². The lowest BCUT2D eigenvalue weighted by molar-refractivity contribution is -0.386. The van der Waals surface area contributed by atoms with Crippen LogP contribution in [-0.2, 0) is 0 Å². The molecule has 6 nitrogen and oxygen atoms in total. The van der Waals surface area contributed by atoms with E-state index in [0.717, 1.165) is 26.2 Å². The molecule has 1 aliphatic heterocycles. The Balaban J connectivity index is 0.00000200. The summed E-state index contributed by atoms with van der Waals surface area (Å²) in [6.45, 7) is 5.08. The number of hydrogen-bond acceptors (Lipinski definition) is 5. The first-order chi connectivity index (χ1) is 9.02. The SMILES string of the molecule is C[C@H](c1c([N+](=O)[O-])ccc(Cl)c1O)N1CCNCC1.Cl.Cl. The number of piperazine rings is 1. The number of aromatic hydroxyl groups is 1. The largest absolute Gasteiger partial charge is 0.506 e. The third kappa shape index (κ3) is 4.34. The van der Waals surface area contributed by atoms with E-state index in [4.69, 9.17) is 11.6 Å². The van der Waals surface area contributed by atoms with Gasteiger partial charge in [0.15, 0.2) is 0 Å². The van der Waals surface area contributed by atoms with Crippen molar-refractivity contribution in [2.45, 2.75) is 13.0 Å². The number of nitro benzene ring substituents is 1. The molecule has 0 aromatic heterocycles. The molecule has 1 aromatic carbocycles. The smallest absolute Gasteiger partial charge is 0.278 e. The van der Waals surface area contributed by atoms with E-state index in [1.54, 1.807) is 0 Å². The molecule has 1 saturated heterocycles. The normalized spacial score (nSPS) is 16.5. The maximum atomic E-state index is 11.1. The first-order valence-electron chi connectivity index (χ1n) is 6.13. The number of nitrogens with zero attached hydrogens (tertiary/aromatic N) is 2. The van der Waals surface area contributed by atoms with Gasteiger partial charge in [0.25, 0.3) is 5.69 Å². The molecule has 1 atom stereocenters. The lowest BCUT2D eigenvalue weighted by Gasteiger charge is -2.33. The number of benzene rings is 1. The molecule has 0 saturated carbocycles. The lowest BCUT2D eigenvalue weighted by Crippen LogP contribution is -2.44. The van der Waals surface area contributed by atoms with Gasteiger partial charge in [-0.15, -0.1) is 24.8 Å². The van der Waals surface area contributed by atoms with Gasteiger partial charge in [0, 0.05) is 38.3 Å². The van der Waals surface area contributed by atoms with Crippen LogP contribution in [0.15, 0.2) is 12.1 Å². The van der Waals surface area contributed by atoms with Gasteiger partial charge in [-0.05, 0) is 13.0 Å². The van der Waals surface area contributed by atoms with Crippen LogP contribution in [0.5, 0.6) is 5.75 Å². The monoisotopic (exact) mass is 357 g/mol. The van der Waals surface area contributed by atoms with Crippen LogP contribution in [0, 0.1) is 10.1 Å². The van der Waals surface area contributed by atoms with E-state index >= 15 is 0 Å². The molecule has 0 bridgehead atoms. The predicted octanol–water partition coefficient (Wildman–Crippen LogP) is 2.76. The maximum Gasteiger partial charge on any atom is 0.278 e. The molecular formula is C12H18Cl3N3O3. The van der Waals surface area contributed by atoms with E-state index in [-0.39, 0.29) is 47.3 Å². The van der Waals surface area contributed by atoms with Gasteiger partial charge in [0.05, 0.1) is 15.5 Å². The van der Waals surface area contributed by atoms with Crippen molar-refractivity contribution in [3.05, 3.63) is 32.8 Å². The topological polar surface area (TPSA) is 78.6 Å². The number of hydrogen-bond donors (Lipinski definition) is 2. The van der Waals surface area contributed by atoms with Gasteiger partial charge >= 0.3 is 0 Å².